The van der Waals surface area contributed by atoms with Gasteiger partial charge in [0, 0.05) is 25.2 Å². The zero-order chi connectivity index (χ0) is 14.5. The van der Waals surface area contributed by atoms with Crippen LogP contribution in [0.25, 0.3) is 0 Å². The zero-order valence-electron chi connectivity index (χ0n) is 12.2. The van der Waals surface area contributed by atoms with E-state index < -0.39 is 0 Å². The van der Waals surface area contributed by atoms with Gasteiger partial charge in [0.2, 0.25) is 11.8 Å². The molecule has 1 heterocycles. The van der Waals surface area contributed by atoms with Gasteiger partial charge < -0.3 is 10.2 Å². The molecular formula is C16H22N2O2. The van der Waals surface area contributed by atoms with E-state index in [-0.39, 0.29) is 17.7 Å². The quantitative estimate of drug-likeness (QED) is 0.897. The fraction of sp³-hybridized carbons (Fsp3) is 0.500. The highest BCUT2D eigenvalue weighted by atomic mass is 16.2. The number of nitrogens with zero attached hydrogens (tertiary/aromatic N) is 1. The molecule has 1 aliphatic rings. The van der Waals surface area contributed by atoms with Crippen molar-refractivity contribution in [3.63, 3.8) is 0 Å². The summed E-state index contributed by atoms with van der Waals surface area (Å²) in [6, 6.07) is 7.69. The van der Waals surface area contributed by atoms with Crippen molar-refractivity contribution in [1.29, 1.82) is 0 Å². The topological polar surface area (TPSA) is 49.4 Å². The lowest BCUT2D eigenvalue weighted by Gasteiger charge is -2.16. The summed E-state index contributed by atoms with van der Waals surface area (Å²) in [6.07, 6.45) is 2.39. The van der Waals surface area contributed by atoms with E-state index >= 15 is 0 Å². The zero-order valence-corrected chi connectivity index (χ0v) is 12.2. The first-order chi connectivity index (χ1) is 9.61. The number of hydrogen-bond acceptors (Lipinski definition) is 2. The Labute approximate surface area is 120 Å². The highest BCUT2D eigenvalue weighted by Gasteiger charge is 2.33. The lowest BCUT2D eigenvalue weighted by molar-refractivity contribution is -0.128. The highest BCUT2D eigenvalue weighted by molar-refractivity contribution is 5.97. The molecule has 1 N–H and O–H groups in total. The van der Waals surface area contributed by atoms with Gasteiger partial charge in [-0.25, -0.2) is 0 Å². The third-order valence-corrected chi connectivity index (χ3v) is 3.77. The van der Waals surface area contributed by atoms with Gasteiger partial charge in [-0.3, -0.25) is 9.59 Å². The molecule has 20 heavy (non-hydrogen) atoms. The molecule has 4 heteroatoms. The summed E-state index contributed by atoms with van der Waals surface area (Å²) in [7, 11) is 0. The smallest absolute Gasteiger partial charge is 0.229 e. The fourth-order valence-corrected chi connectivity index (χ4v) is 2.46. The molecule has 0 unspecified atom stereocenters. The fourth-order valence-electron chi connectivity index (χ4n) is 2.46. The SMILES string of the molecule is CCCCN1C[C@@H](C(=O)Nc2ccccc2C)CC1=O. The van der Waals surface area contributed by atoms with Crippen molar-refractivity contribution < 1.29 is 9.59 Å². The Balaban J connectivity index is 1.94. The maximum absolute atomic E-state index is 12.2. The van der Waals surface area contributed by atoms with E-state index in [4.69, 9.17) is 0 Å². The number of hydrogen-bond donors (Lipinski definition) is 1. The van der Waals surface area contributed by atoms with Crippen molar-refractivity contribution >= 4 is 17.5 Å². The average Bonchev–Trinajstić information content (AvgIpc) is 2.80. The number of benzene rings is 1. The molecule has 1 aliphatic heterocycles. The van der Waals surface area contributed by atoms with Crippen molar-refractivity contribution in [3.8, 4) is 0 Å². The molecule has 2 rings (SSSR count). The molecule has 1 aromatic carbocycles. The molecule has 0 aliphatic carbocycles. The molecule has 0 bridgehead atoms. The van der Waals surface area contributed by atoms with Crippen LogP contribution in [0.1, 0.15) is 31.7 Å². The Hall–Kier alpha value is -1.84. The molecule has 1 aromatic rings. The van der Waals surface area contributed by atoms with Crippen molar-refractivity contribution in [2.75, 3.05) is 18.4 Å². The molecule has 4 nitrogen and oxygen atoms in total. The van der Waals surface area contributed by atoms with Gasteiger partial charge >= 0.3 is 0 Å². The van der Waals surface area contributed by atoms with Gasteiger partial charge in [0.05, 0.1) is 5.92 Å². The Bertz CT molecular complexity index is 499. The first-order valence-electron chi connectivity index (χ1n) is 7.26. The minimum atomic E-state index is -0.223. The number of unbranched alkanes of at least 4 members (excludes halogenated alkanes) is 1. The summed E-state index contributed by atoms with van der Waals surface area (Å²) in [5, 5.41) is 2.93. The van der Waals surface area contributed by atoms with Gasteiger partial charge in [-0.05, 0) is 25.0 Å². The van der Waals surface area contributed by atoms with Gasteiger partial charge in [0.1, 0.15) is 0 Å². The predicted molar refractivity (Wildman–Crippen MR) is 79.4 cm³/mol. The Morgan fingerprint density at radius 3 is 2.85 bits per heavy atom. The Kier molecular flexibility index (Phi) is 4.77. The van der Waals surface area contributed by atoms with Crippen LogP contribution in [0.15, 0.2) is 24.3 Å². The number of likely N-dealkylation sites (tertiary alicyclic amines) is 1. The summed E-state index contributed by atoms with van der Waals surface area (Å²) >= 11 is 0. The summed E-state index contributed by atoms with van der Waals surface area (Å²) in [6.45, 7) is 5.38. The van der Waals surface area contributed by atoms with Gasteiger partial charge in [0.15, 0.2) is 0 Å². The van der Waals surface area contributed by atoms with E-state index in [1.54, 1.807) is 0 Å². The summed E-state index contributed by atoms with van der Waals surface area (Å²) in [5.41, 5.74) is 1.87. The number of amides is 2. The van der Waals surface area contributed by atoms with Crippen LogP contribution in [-0.4, -0.2) is 29.8 Å². The predicted octanol–water partition coefficient (Wildman–Crippen LogP) is 2.58. The largest absolute Gasteiger partial charge is 0.342 e. The van der Waals surface area contributed by atoms with Gasteiger partial charge in [-0.15, -0.1) is 0 Å². The molecule has 1 saturated heterocycles. The van der Waals surface area contributed by atoms with Crippen molar-refractivity contribution in [2.45, 2.75) is 33.1 Å². The van der Waals surface area contributed by atoms with E-state index in [2.05, 4.69) is 12.2 Å². The van der Waals surface area contributed by atoms with Crippen LogP contribution in [0.2, 0.25) is 0 Å². The second-order valence-electron chi connectivity index (χ2n) is 5.40. The van der Waals surface area contributed by atoms with Crippen molar-refractivity contribution in [1.82, 2.24) is 4.90 Å². The third-order valence-electron chi connectivity index (χ3n) is 3.77. The molecule has 1 fully saturated rings. The van der Waals surface area contributed by atoms with Crippen LogP contribution in [0.3, 0.4) is 0 Å². The minimum absolute atomic E-state index is 0.0494. The molecule has 0 saturated carbocycles. The lowest BCUT2D eigenvalue weighted by atomic mass is 10.1. The van der Waals surface area contributed by atoms with E-state index in [0.29, 0.717) is 13.0 Å². The molecular weight excluding hydrogens is 252 g/mol. The number of anilines is 1. The number of nitrogens with one attached hydrogen (secondary N) is 1. The van der Waals surface area contributed by atoms with E-state index in [1.807, 2.05) is 36.1 Å². The van der Waals surface area contributed by atoms with Crippen LogP contribution in [0, 0.1) is 12.8 Å². The van der Waals surface area contributed by atoms with Crippen LogP contribution >= 0.6 is 0 Å². The summed E-state index contributed by atoms with van der Waals surface area (Å²) in [4.78, 5) is 25.9. The summed E-state index contributed by atoms with van der Waals surface area (Å²) < 4.78 is 0. The molecule has 0 spiro atoms. The highest BCUT2D eigenvalue weighted by Crippen LogP contribution is 2.21. The maximum atomic E-state index is 12.2. The summed E-state index contributed by atoms with van der Waals surface area (Å²) in [5.74, 6) is -0.172. The van der Waals surface area contributed by atoms with Gasteiger partial charge in [-0.2, -0.15) is 0 Å². The average molecular weight is 274 g/mol. The Morgan fingerprint density at radius 1 is 1.40 bits per heavy atom. The van der Waals surface area contributed by atoms with Crippen LogP contribution in [0.4, 0.5) is 5.69 Å². The third kappa shape index (κ3) is 3.38. The van der Waals surface area contributed by atoms with Gasteiger partial charge in [-0.1, -0.05) is 31.5 Å². The molecule has 0 aromatic heterocycles. The minimum Gasteiger partial charge on any atom is -0.342 e. The van der Waals surface area contributed by atoms with Crippen LogP contribution < -0.4 is 5.32 Å². The molecule has 2 amide bonds. The van der Waals surface area contributed by atoms with Crippen molar-refractivity contribution in [2.24, 2.45) is 5.92 Å². The Morgan fingerprint density at radius 2 is 2.15 bits per heavy atom. The number of para-hydroxylation sites is 1. The van der Waals surface area contributed by atoms with E-state index in [1.165, 1.54) is 0 Å². The second kappa shape index (κ2) is 6.55. The number of aryl methyl sites for hydroxylation is 1. The first-order valence-corrected chi connectivity index (χ1v) is 7.26. The molecule has 0 radical (unpaired) electrons. The maximum Gasteiger partial charge on any atom is 0.229 e. The standard InChI is InChI=1S/C16H22N2O2/c1-3-4-9-18-11-13(10-15(18)19)16(20)17-14-8-6-5-7-12(14)2/h5-8,13H,3-4,9-11H2,1-2H3,(H,17,20)/t13-/m0/s1. The monoisotopic (exact) mass is 274 g/mol. The number of carbonyl (C=O) groups is 2. The van der Waals surface area contributed by atoms with Crippen LogP contribution in [0.5, 0.6) is 0 Å². The molecule has 108 valence electrons. The van der Waals surface area contributed by atoms with Gasteiger partial charge in [0.25, 0.3) is 0 Å². The lowest BCUT2D eigenvalue weighted by Crippen LogP contribution is -2.29. The van der Waals surface area contributed by atoms with E-state index in [0.717, 1.165) is 30.6 Å². The van der Waals surface area contributed by atoms with Crippen LogP contribution in [-0.2, 0) is 9.59 Å². The number of carbonyl (C=O) groups excluding carboxylic acids is 2. The normalized spacial score (nSPS) is 18.4. The molecule has 1 atom stereocenters. The second-order valence-corrected chi connectivity index (χ2v) is 5.40. The van der Waals surface area contributed by atoms with Crippen molar-refractivity contribution in [3.05, 3.63) is 29.8 Å². The first kappa shape index (κ1) is 14.6. The van der Waals surface area contributed by atoms with E-state index in [9.17, 15) is 9.59 Å². The number of rotatable bonds is 5.